The van der Waals surface area contributed by atoms with Gasteiger partial charge in [0, 0.05) is 26.8 Å². The van der Waals surface area contributed by atoms with E-state index >= 15 is 0 Å². The predicted molar refractivity (Wildman–Crippen MR) is 76.2 cm³/mol. The summed E-state index contributed by atoms with van der Waals surface area (Å²) in [6.45, 7) is 0. The van der Waals surface area contributed by atoms with Gasteiger partial charge in [-0.2, -0.15) is 0 Å². The minimum absolute atomic E-state index is 0.0135. The van der Waals surface area contributed by atoms with E-state index in [9.17, 15) is 18.5 Å². The number of rotatable bonds is 3. The van der Waals surface area contributed by atoms with Crippen LogP contribution >= 0.6 is 22.6 Å². The van der Waals surface area contributed by atoms with Gasteiger partial charge in [0.05, 0.1) is 16.7 Å². The quantitative estimate of drug-likeness (QED) is 0.492. The molecule has 1 aliphatic rings. The van der Waals surface area contributed by atoms with Crippen LogP contribution in [0.25, 0.3) is 0 Å². The maximum Gasteiger partial charge on any atom is 0.270 e. The van der Waals surface area contributed by atoms with E-state index in [4.69, 9.17) is 0 Å². The van der Waals surface area contributed by atoms with Crippen molar-refractivity contribution in [2.24, 2.45) is 0 Å². The third-order valence-electron chi connectivity index (χ3n) is 2.43. The first kappa shape index (κ1) is 13.3. The maximum atomic E-state index is 11.2. The van der Waals surface area contributed by atoms with Crippen LogP contribution in [0.2, 0.25) is 0 Å². The highest BCUT2D eigenvalue weighted by atomic mass is 127. The van der Waals surface area contributed by atoms with Crippen LogP contribution < -0.4 is 5.32 Å². The fourth-order valence-corrected chi connectivity index (χ4v) is 3.49. The van der Waals surface area contributed by atoms with Crippen molar-refractivity contribution in [2.45, 2.75) is 6.04 Å². The average molecular weight is 380 g/mol. The highest BCUT2D eigenvalue weighted by Crippen LogP contribution is 2.25. The highest BCUT2D eigenvalue weighted by molar-refractivity contribution is 14.1. The van der Waals surface area contributed by atoms with Gasteiger partial charge in [0.25, 0.3) is 5.69 Å². The molecule has 1 aromatic rings. The van der Waals surface area contributed by atoms with Gasteiger partial charge in [0.2, 0.25) is 0 Å². The number of hydrogen-bond acceptors (Lipinski definition) is 5. The molecule has 0 saturated carbocycles. The van der Waals surface area contributed by atoms with Crippen molar-refractivity contribution < 1.29 is 13.3 Å². The van der Waals surface area contributed by atoms with Gasteiger partial charge in [-0.15, -0.1) is 0 Å². The third kappa shape index (κ3) is 2.99. The summed E-state index contributed by atoms with van der Waals surface area (Å²) in [5, 5.41) is 14.8. The molecule has 0 amide bonds. The summed E-state index contributed by atoms with van der Waals surface area (Å²) in [4.78, 5) is 10.1. The van der Waals surface area contributed by atoms with E-state index in [1.54, 1.807) is 12.1 Å². The van der Waals surface area contributed by atoms with Crippen LogP contribution in [-0.2, 0) is 9.84 Å². The van der Waals surface area contributed by atoms with Gasteiger partial charge in [-0.1, -0.05) is 6.08 Å². The number of non-ortho nitro benzene ring substituents is 1. The molecule has 6 nitrogen and oxygen atoms in total. The molecule has 18 heavy (non-hydrogen) atoms. The van der Waals surface area contributed by atoms with E-state index < -0.39 is 14.8 Å². The summed E-state index contributed by atoms with van der Waals surface area (Å²) in [6, 6.07) is 4.12. The first-order valence-electron chi connectivity index (χ1n) is 4.99. The number of anilines is 1. The standard InChI is InChI=1S/C10H9IN2O4S/c11-9-5-8(13(14)15)1-2-10(9)12-7-3-4-18(16,17)6-7/h1-5,7,12H,6H2. The molecule has 0 bridgehead atoms. The molecular formula is C10H9IN2O4S. The van der Waals surface area contributed by atoms with Crippen molar-refractivity contribution >= 4 is 43.8 Å². The van der Waals surface area contributed by atoms with Crippen molar-refractivity contribution in [3.8, 4) is 0 Å². The summed E-state index contributed by atoms with van der Waals surface area (Å²) in [6.07, 6.45) is 1.58. The number of benzene rings is 1. The molecule has 0 aromatic heterocycles. The lowest BCUT2D eigenvalue weighted by Gasteiger charge is -2.12. The van der Waals surface area contributed by atoms with E-state index in [1.165, 1.54) is 17.5 Å². The second-order valence-electron chi connectivity index (χ2n) is 3.83. The van der Waals surface area contributed by atoms with Crippen LogP contribution in [0.1, 0.15) is 0 Å². The largest absolute Gasteiger partial charge is 0.377 e. The van der Waals surface area contributed by atoms with Gasteiger partial charge < -0.3 is 5.32 Å². The van der Waals surface area contributed by atoms with Crippen LogP contribution in [0.15, 0.2) is 29.7 Å². The Morgan fingerprint density at radius 1 is 1.44 bits per heavy atom. The van der Waals surface area contributed by atoms with E-state index in [-0.39, 0.29) is 17.5 Å². The van der Waals surface area contributed by atoms with Crippen LogP contribution in [0.5, 0.6) is 0 Å². The van der Waals surface area contributed by atoms with Gasteiger partial charge in [-0.05, 0) is 28.7 Å². The predicted octanol–water partition coefficient (Wildman–Crippen LogP) is 1.92. The fourth-order valence-electron chi connectivity index (χ4n) is 1.60. The summed E-state index contributed by atoms with van der Waals surface area (Å²) in [5.41, 5.74) is 0.701. The summed E-state index contributed by atoms with van der Waals surface area (Å²) in [5.74, 6) is 0.0140. The maximum absolute atomic E-state index is 11.2. The minimum Gasteiger partial charge on any atom is -0.377 e. The second-order valence-corrected chi connectivity index (χ2v) is 6.92. The monoisotopic (exact) mass is 380 g/mol. The molecule has 0 fully saturated rings. The van der Waals surface area contributed by atoms with Gasteiger partial charge >= 0.3 is 0 Å². The molecule has 0 saturated heterocycles. The first-order chi connectivity index (χ1) is 8.37. The number of nitrogens with zero attached hydrogens (tertiary/aromatic N) is 1. The Hall–Kier alpha value is -1.16. The SMILES string of the molecule is O=[N+]([O-])c1ccc(NC2C=CS(=O)(=O)C2)c(I)c1. The van der Waals surface area contributed by atoms with Crippen molar-refractivity contribution in [2.75, 3.05) is 11.1 Å². The number of hydrogen-bond donors (Lipinski definition) is 1. The lowest BCUT2D eigenvalue weighted by molar-refractivity contribution is -0.384. The number of nitrogens with one attached hydrogen (secondary N) is 1. The van der Waals surface area contributed by atoms with E-state index in [1.807, 2.05) is 22.6 Å². The summed E-state index contributed by atoms with van der Waals surface area (Å²) < 4.78 is 23.2. The summed E-state index contributed by atoms with van der Waals surface area (Å²) >= 11 is 1.97. The molecule has 1 aliphatic heterocycles. The van der Waals surface area contributed by atoms with Crippen molar-refractivity contribution in [1.82, 2.24) is 0 Å². The zero-order valence-corrected chi connectivity index (χ0v) is 12.0. The van der Waals surface area contributed by atoms with E-state index in [2.05, 4.69) is 5.32 Å². The van der Waals surface area contributed by atoms with Crippen LogP contribution in [-0.4, -0.2) is 25.1 Å². The minimum atomic E-state index is -3.10. The number of sulfone groups is 1. The van der Waals surface area contributed by atoms with Gasteiger partial charge in [-0.25, -0.2) is 8.42 Å². The second kappa shape index (κ2) is 4.84. The molecule has 96 valence electrons. The van der Waals surface area contributed by atoms with Gasteiger partial charge in [-0.3, -0.25) is 10.1 Å². The van der Waals surface area contributed by atoms with Crippen LogP contribution in [0, 0.1) is 13.7 Å². The van der Waals surface area contributed by atoms with E-state index in [0.29, 0.717) is 9.26 Å². The molecule has 0 spiro atoms. The van der Waals surface area contributed by atoms with Crippen molar-refractivity contribution in [3.05, 3.63) is 43.4 Å². The Bertz CT molecular complexity index is 627. The van der Waals surface area contributed by atoms with Gasteiger partial charge in [0.1, 0.15) is 0 Å². The van der Waals surface area contributed by atoms with Crippen molar-refractivity contribution in [3.63, 3.8) is 0 Å². The van der Waals surface area contributed by atoms with Crippen LogP contribution in [0.3, 0.4) is 0 Å². The number of nitro benzene ring substituents is 1. The average Bonchev–Trinajstić information content (AvgIpc) is 2.61. The summed E-state index contributed by atoms with van der Waals surface area (Å²) in [7, 11) is -3.10. The van der Waals surface area contributed by atoms with Crippen molar-refractivity contribution in [1.29, 1.82) is 0 Å². The molecule has 8 heteroatoms. The lowest BCUT2D eigenvalue weighted by Crippen LogP contribution is -2.21. The molecule has 1 N–H and O–H groups in total. The highest BCUT2D eigenvalue weighted by Gasteiger charge is 2.22. The molecule has 1 unspecified atom stereocenters. The fraction of sp³-hybridized carbons (Fsp3) is 0.200. The molecular weight excluding hydrogens is 371 g/mol. The molecule has 1 heterocycles. The van der Waals surface area contributed by atoms with Crippen LogP contribution in [0.4, 0.5) is 11.4 Å². The Morgan fingerprint density at radius 2 is 2.17 bits per heavy atom. The Labute approximate surface area is 117 Å². The van der Waals surface area contributed by atoms with E-state index in [0.717, 1.165) is 0 Å². The Balaban J connectivity index is 2.16. The molecule has 2 rings (SSSR count). The third-order valence-corrected chi connectivity index (χ3v) is 4.72. The Morgan fingerprint density at radius 3 is 2.67 bits per heavy atom. The first-order valence-corrected chi connectivity index (χ1v) is 7.78. The Kier molecular flexibility index (Phi) is 3.57. The zero-order chi connectivity index (χ0) is 13.3. The molecule has 0 aliphatic carbocycles. The van der Waals surface area contributed by atoms with Gasteiger partial charge in [0.15, 0.2) is 9.84 Å². The molecule has 1 aromatic carbocycles. The molecule has 0 radical (unpaired) electrons. The number of halogens is 1. The topological polar surface area (TPSA) is 89.3 Å². The number of nitro groups is 1. The zero-order valence-electron chi connectivity index (χ0n) is 9.04. The molecule has 1 atom stereocenters. The normalized spacial score (nSPS) is 20.8. The smallest absolute Gasteiger partial charge is 0.270 e. The lowest BCUT2D eigenvalue weighted by atomic mass is 10.2.